The Morgan fingerprint density at radius 3 is 2.30 bits per heavy atom. The molecule has 2 aromatic carbocycles. The van der Waals surface area contributed by atoms with Crippen molar-refractivity contribution in [3.05, 3.63) is 54.3 Å². The molecule has 144 valence electrons. The van der Waals surface area contributed by atoms with Crippen molar-refractivity contribution >= 4 is 29.0 Å². The van der Waals surface area contributed by atoms with Gasteiger partial charge >= 0.3 is 0 Å². The van der Waals surface area contributed by atoms with Gasteiger partial charge in [0, 0.05) is 16.3 Å². The molecule has 1 aliphatic rings. The van der Waals surface area contributed by atoms with Crippen LogP contribution in [-0.2, 0) is 4.79 Å². The Bertz CT molecular complexity index is 748. The fourth-order valence-corrected chi connectivity index (χ4v) is 3.56. The monoisotopic (exact) mass is 396 g/mol. The highest BCUT2D eigenvalue weighted by atomic mass is 32.2. The second kappa shape index (κ2) is 9.14. The number of hydrogen-bond acceptors (Lipinski definition) is 3. The van der Waals surface area contributed by atoms with Gasteiger partial charge in [0.2, 0.25) is 0 Å². The van der Waals surface area contributed by atoms with Crippen LogP contribution >= 0.6 is 11.8 Å². The van der Waals surface area contributed by atoms with Gasteiger partial charge in [-0.15, -0.1) is 0 Å². The third-order valence-electron chi connectivity index (χ3n) is 4.44. The van der Waals surface area contributed by atoms with E-state index in [0.717, 1.165) is 31.9 Å². The van der Waals surface area contributed by atoms with Crippen LogP contribution in [-0.4, -0.2) is 44.4 Å². The summed E-state index contributed by atoms with van der Waals surface area (Å²) in [4.78, 5) is 16.0. The molecule has 1 aliphatic heterocycles. The minimum atomic E-state index is -2.46. The number of hydrogen-bond donors (Lipinski definition) is 2. The Balaban J connectivity index is 1.44. The topological polar surface area (TPSA) is 36.8 Å². The Hall–Kier alpha value is -2.19. The highest BCUT2D eigenvalue weighted by Crippen LogP contribution is 2.26. The number of piperazine rings is 1. The van der Waals surface area contributed by atoms with Crippen molar-refractivity contribution in [1.82, 2.24) is 0 Å². The van der Waals surface area contributed by atoms with Crippen molar-refractivity contribution in [2.45, 2.75) is 10.7 Å². The number of thioether (sulfide) groups is 1. The molecule has 2 N–H and O–H groups in total. The summed E-state index contributed by atoms with van der Waals surface area (Å²) in [5.41, 5.74) is 1.59. The van der Waals surface area contributed by atoms with Gasteiger partial charge in [-0.05, 0) is 48.5 Å². The van der Waals surface area contributed by atoms with Crippen molar-refractivity contribution in [3.8, 4) is 0 Å². The number of nitrogens with one attached hydrogen (secondary N) is 2. The van der Waals surface area contributed by atoms with E-state index in [1.54, 1.807) is 36.4 Å². The van der Waals surface area contributed by atoms with E-state index < -0.39 is 5.76 Å². The lowest BCUT2D eigenvalue weighted by Gasteiger charge is -2.33. The first kappa shape index (κ1) is 19.6. The van der Waals surface area contributed by atoms with Crippen LogP contribution in [0.3, 0.4) is 0 Å². The van der Waals surface area contributed by atoms with Crippen molar-refractivity contribution in [3.63, 3.8) is 0 Å². The number of alkyl halides is 2. The molecule has 1 saturated heterocycles. The van der Waals surface area contributed by atoms with E-state index >= 15 is 0 Å². The SMILES string of the molecule is O=C(C[NH+]1CCN(c2ccc(F)cc2)CC1)Nc1ccc(SC(F)F)cc1. The summed E-state index contributed by atoms with van der Waals surface area (Å²) in [6, 6.07) is 12.8. The molecule has 0 atom stereocenters. The summed E-state index contributed by atoms with van der Waals surface area (Å²) in [7, 11) is 0. The van der Waals surface area contributed by atoms with Crippen LogP contribution < -0.4 is 15.1 Å². The van der Waals surface area contributed by atoms with Crippen LogP contribution in [0.5, 0.6) is 0 Å². The van der Waals surface area contributed by atoms with E-state index in [9.17, 15) is 18.0 Å². The standard InChI is InChI=1S/C19H20F3N3OS/c20-14-1-5-16(6-2-14)25-11-9-24(10-12-25)13-18(26)23-15-3-7-17(8-4-15)27-19(21)22/h1-8,19H,9-13H2,(H,23,26)/p+1. The molecule has 0 bridgehead atoms. The Morgan fingerprint density at radius 2 is 1.70 bits per heavy atom. The maximum absolute atomic E-state index is 13.0. The molecule has 0 aromatic heterocycles. The van der Waals surface area contributed by atoms with Gasteiger partial charge in [-0.3, -0.25) is 4.79 Å². The van der Waals surface area contributed by atoms with Crippen LogP contribution in [0.25, 0.3) is 0 Å². The maximum Gasteiger partial charge on any atom is 0.288 e. The number of amides is 1. The molecule has 8 heteroatoms. The molecule has 27 heavy (non-hydrogen) atoms. The number of quaternary nitrogens is 1. The van der Waals surface area contributed by atoms with Crippen LogP contribution in [0.15, 0.2) is 53.4 Å². The van der Waals surface area contributed by atoms with Gasteiger partial charge in [-0.2, -0.15) is 8.78 Å². The molecule has 0 radical (unpaired) electrons. The zero-order valence-electron chi connectivity index (χ0n) is 14.6. The minimum absolute atomic E-state index is 0.102. The number of carbonyl (C=O) groups is 1. The van der Waals surface area contributed by atoms with Crippen LogP contribution in [0.1, 0.15) is 0 Å². The summed E-state index contributed by atoms with van der Waals surface area (Å²) >= 11 is 0.478. The van der Waals surface area contributed by atoms with E-state index in [2.05, 4.69) is 10.2 Å². The maximum atomic E-state index is 13.0. The summed E-state index contributed by atoms with van der Waals surface area (Å²) in [6.45, 7) is 3.58. The minimum Gasteiger partial charge on any atom is -0.360 e. The average Bonchev–Trinajstić information content (AvgIpc) is 2.64. The van der Waals surface area contributed by atoms with Crippen LogP contribution in [0, 0.1) is 5.82 Å². The lowest BCUT2D eigenvalue weighted by Crippen LogP contribution is -3.15. The highest BCUT2D eigenvalue weighted by Gasteiger charge is 2.22. The van der Waals surface area contributed by atoms with Crippen molar-refractivity contribution < 1.29 is 22.9 Å². The second-order valence-corrected chi connectivity index (χ2v) is 7.40. The Morgan fingerprint density at radius 1 is 1.07 bits per heavy atom. The van der Waals surface area contributed by atoms with Gasteiger partial charge in [-0.25, -0.2) is 4.39 Å². The van der Waals surface area contributed by atoms with Gasteiger partial charge in [0.25, 0.3) is 11.7 Å². The van der Waals surface area contributed by atoms with Gasteiger partial charge in [-0.1, -0.05) is 11.8 Å². The van der Waals surface area contributed by atoms with Crippen molar-refractivity contribution in [1.29, 1.82) is 0 Å². The second-order valence-electron chi connectivity index (χ2n) is 6.34. The molecule has 4 nitrogen and oxygen atoms in total. The molecular formula is C19H21F3N3OS+. The summed E-state index contributed by atoms with van der Waals surface area (Å²) in [5, 5.41) is 2.81. The lowest BCUT2D eigenvalue weighted by molar-refractivity contribution is -0.892. The molecule has 1 fully saturated rings. The van der Waals surface area contributed by atoms with E-state index in [0.29, 0.717) is 28.9 Å². The van der Waals surface area contributed by atoms with Crippen LogP contribution in [0.2, 0.25) is 0 Å². The summed E-state index contributed by atoms with van der Waals surface area (Å²) < 4.78 is 37.6. The first-order chi connectivity index (χ1) is 13.0. The number of nitrogens with zero attached hydrogens (tertiary/aromatic N) is 1. The molecule has 3 rings (SSSR count). The molecule has 0 aliphatic carbocycles. The quantitative estimate of drug-likeness (QED) is 0.737. The smallest absolute Gasteiger partial charge is 0.288 e. The molecule has 0 spiro atoms. The van der Waals surface area contributed by atoms with E-state index in [-0.39, 0.29) is 11.7 Å². The lowest BCUT2D eigenvalue weighted by atomic mass is 10.2. The third-order valence-corrected chi connectivity index (χ3v) is 5.16. The largest absolute Gasteiger partial charge is 0.360 e. The molecule has 0 unspecified atom stereocenters. The van der Waals surface area contributed by atoms with E-state index in [1.807, 2.05) is 0 Å². The van der Waals surface area contributed by atoms with Gasteiger partial charge in [0.15, 0.2) is 6.54 Å². The molecular weight excluding hydrogens is 375 g/mol. The number of benzene rings is 2. The zero-order valence-corrected chi connectivity index (χ0v) is 15.4. The molecule has 0 saturated carbocycles. The molecule has 2 aromatic rings. The Kier molecular flexibility index (Phi) is 6.63. The summed E-state index contributed by atoms with van der Waals surface area (Å²) in [5.74, 6) is -2.81. The Labute approximate surface area is 160 Å². The fraction of sp³-hybridized carbons (Fsp3) is 0.316. The first-order valence-electron chi connectivity index (χ1n) is 8.68. The normalized spacial score (nSPS) is 15.2. The number of anilines is 2. The molecule has 1 amide bonds. The van der Waals surface area contributed by atoms with Gasteiger partial charge in [0.05, 0.1) is 26.2 Å². The van der Waals surface area contributed by atoms with Crippen molar-refractivity contribution in [2.75, 3.05) is 42.9 Å². The summed E-state index contributed by atoms with van der Waals surface area (Å²) in [6.07, 6.45) is 0. The van der Waals surface area contributed by atoms with Gasteiger partial charge < -0.3 is 15.1 Å². The van der Waals surface area contributed by atoms with E-state index in [1.165, 1.54) is 17.0 Å². The first-order valence-corrected chi connectivity index (χ1v) is 9.56. The van der Waals surface area contributed by atoms with Gasteiger partial charge in [0.1, 0.15) is 5.82 Å². The number of carbonyl (C=O) groups excluding carboxylic acids is 1. The van der Waals surface area contributed by atoms with E-state index in [4.69, 9.17) is 0 Å². The fourth-order valence-electron chi connectivity index (χ4n) is 3.06. The number of halogens is 3. The predicted octanol–water partition coefficient (Wildman–Crippen LogP) is 2.48. The molecule has 1 heterocycles. The average molecular weight is 396 g/mol. The van der Waals surface area contributed by atoms with Crippen LogP contribution in [0.4, 0.5) is 24.5 Å². The zero-order chi connectivity index (χ0) is 19.2. The predicted molar refractivity (Wildman–Crippen MR) is 101 cm³/mol. The number of rotatable bonds is 6. The highest BCUT2D eigenvalue weighted by molar-refractivity contribution is 7.99. The third kappa shape index (κ3) is 5.90. The van der Waals surface area contributed by atoms with Crippen molar-refractivity contribution in [2.24, 2.45) is 0 Å².